The number of benzene rings is 2. The van der Waals surface area contributed by atoms with Crippen LogP contribution < -0.4 is 4.74 Å². The van der Waals surface area contributed by atoms with Crippen molar-refractivity contribution in [2.24, 2.45) is 11.8 Å². The van der Waals surface area contributed by atoms with Crippen molar-refractivity contribution in [1.82, 2.24) is 9.47 Å². The zero-order chi connectivity index (χ0) is 25.0. The number of hydrogen-bond donors (Lipinski definition) is 1. The second-order valence-corrected chi connectivity index (χ2v) is 10.1. The van der Waals surface area contributed by atoms with Crippen molar-refractivity contribution in [2.45, 2.75) is 44.6 Å². The Labute approximate surface area is 208 Å². The predicted octanol–water partition coefficient (Wildman–Crippen LogP) is 5.28. The lowest BCUT2D eigenvalue weighted by Crippen LogP contribution is -2.56. The molecule has 4 aliphatic rings. The standard InChI is InChI=1S/C28H28N2O6/c1-2-17-12-16-13-22-24(17)29(15-16)11-10-20-21-14-19(35-28(33)34)8-9-23(21)30(25(20)22)27(32)36-26(31)18-6-4-3-5-7-18/h3-9,14,16-17,22,24H,2,10-13,15H2,1H3,(H,33,34)/t16-,17?,22+,24?/m0/s1. The predicted molar refractivity (Wildman–Crippen MR) is 132 cm³/mol. The third kappa shape index (κ3) is 3.67. The number of nitrogens with zero attached hydrogens (tertiary/aromatic N) is 2. The molecule has 3 aromatic rings. The molecular formula is C28H28N2O6. The quantitative estimate of drug-likeness (QED) is 0.304. The molecule has 2 aromatic carbocycles. The average molecular weight is 489 g/mol. The van der Waals surface area contributed by atoms with Crippen LogP contribution in [0.1, 0.15) is 53.7 Å². The van der Waals surface area contributed by atoms with Gasteiger partial charge in [0.2, 0.25) is 0 Å². The first kappa shape index (κ1) is 22.8. The molecule has 3 aliphatic heterocycles. The van der Waals surface area contributed by atoms with E-state index in [9.17, 15) is 14.4 Å². The van der Waals surface area contributed by atoms with Crippen LogP contribution in [-0.2, 0) is 11.2 Å². The maximum absolute atomic E-state index is 13.6. The van der Waals surface area contributed by atoms with Crippen molar-refractivity contribution in [2.75, 3.05) is 13.1 Å². The minimum Gasteiger partial charge on any atom is -0.449 e. The Morgan fingerprint density at radius 2 is 1.89 bits per heavy atom. The summed E-state index contributed by atoms with van der Waals surface area (Å²) in [6, 6.07) is 13.7. The van der Waals surface area contributed by atoms with Gasteiger partial charge in [0.1, 0.15) is 5.75 Å². The molecule has 7 rings (SSSR count). The number of carboxylic acid groups (broad SMARTS) is 1. The zero-order valence-electron chi connectivity index (χ0n) is 20.1. The molecule has 4 heterocycles. The van der Waals surface area contributed by atoms with Gasteiger partial charge >= 0.3 is 18.2 Å². The van der Waals surface area contributed by atoms with Crippen LogP contribution in [0.2, 0.25) is 0 Å². The van der Waals surface area contributed by atoms with Crippen molar-refractivity contribution >= 4 is 29.1 Å². The molecule has 186 valence electrons. The average Bonchev–Trinajstić information content (AvgIpc) is 3.15. The fourth-order valence-corrected chi connectivity index (χ4v) is 6.95. The topological polar surface area (TPSA) is 98.1 Å². The van der Waals surface area contributed by atoms with Crippen LogP contribution in [-0.4, -0.2) is 51.9 Å². The largest absolute Gasteiger partial charge is 0.511 e. The van der Waals surface area contributed by atoms with E-state index < -0.39 is 18.2 Å². The van der Waals surface area contributed by atoms with Crippen LogP contribution in [0.25, 0.3) is 10.9 Å². The minimum atomic E-state index is -1.39. The summed E-state index contributed by atoms with van der Waals surface area (Å²) < 4.78 is 11.9. The summed E-state index contributed by atoms with van der Waals surface area (Å²) in [5.74, 6) is 0.747. The summed E-state index contributed by atoms with van der Waals surface area (Å²) in [6.45, 7) is 4.18. The van der Waals surface area contributed by atoms with Gasteiger partial charge in [0.25, 0.3) is 0 Å². The second kappa shape index (κ2) is 8.78. The highest BCUT2D eigenvalue weighted by Crippen LogP contribution is 2.52. The molecule has 4 bridgehead atoms. The van der Waals surface area contributed by atoms with Gasteiger partial charge in [-0.1, -0.05) is 31.5 Å². The van der Waals surface area contributed by atoms with E-state index in [0.29, 0.717) is 29.0 Å². The monoisotopic (exact) mass is 488 g/mol. The van der Waals surface area contributed by atoms with E-state index in [4.69, 9.17) is 14.6 Å². The van der Waals surface area contributed by atoms with Gasteiger partial charge in [-0.2, -0.15) is 0 Å². The Kier molecular flexibility index (Phi) is 5.56. The van der Waals surface area contributed by atoms with Crippen molar-refractivity contribution in [3.63, 3.8) is 0 Å². The third-order valence-corrected chi connectivity index (χ3v) is 8.22. The molecule has 2 saturated heterocycles. The van der Waals surface area contributed by atoms with Crippen molar-refractivity contribution < 1.29 is 29.0 Å². The molecule has 1 aromatic heterocycles. The molecule has 36 heavy (non-hydrogen) atoms. The molecule has 1 saturated carbocycles. The third-order valence-electron chi connectivity index (χ3n) is 8.22. The molecule has 8 nitrogen and oxygen atoms in total. The normalized spacial score (nSPS) is 26.2. The van der Waals surface area contributed by atoms with E-state index in [-0.39, 0.29) is 11.7 Å². The maximum atomic E-state index is 13.6. The van der Waals surface area contributed by atoms with E-state index in [0.717, 1.165) is 49.0 Å². The smallest absolute Gasteiger partial charge is 0.449 e. The van der Waals surface area contributed by atoms with Crippen LogP contribution >= 0.6 is 0 Å². The Hall–Kier alpha value is -3.65. The zero-order valence-corrected chi connectivity index (χ0v) is 20.1. The van der Waals surface area contributed by atoms with Gasteiger partial charge in [0, 0.05) is 36.1 Å². The van der Waals surface area contributed by atoms with Crippen molar-refractivity contribution in [3.8, 4) is 5.75 Å². The molecule has 0 amide bonds. The lowest BCUT2D eigenvalue weighted by molar-refractivity contribution is -0.0140. The second-order valence-electron chi connectivity index (χ2n) is 10.1. The highest BCUT2D eigenvalue weighted by molar-refractivity contribution is 6.01. The minimum absolute atomic E-state index is 0.135. The first-order chi connectivity index (χ1) is 17.4. The molecular weight excluding hydrogens is 460 g/mol. The van der Waals surface area contributed by atoms with E-state index in [2.05, 4.69) is 11.8 Å². The van der Waals surface area contributed by atoms with Crippen molar-refractivity contribution in [1.29, 1.82) is 0 Å². The van der Waals surface area contributed by atoms with Gasteiger partial charge in [0.05, 0.1) is 11.1 Å². The summed E-state index contributed by atoms with van der Waals surface area (Å²) in [4.78, 5) is 40.2. The molecule has 5 atom stereocenters. The summed E-state index contributed by atoms with van der Waals surface area (Å²) >= 11 is 0. The lowest BCUT2D eigenvalue weighted by Gasteiger charge is -2.53. The molecule has 3 fully saturated rings. The number of rotatable bonds is 3. The van der Waals surface area contributed by atoms with E-state index in [1.807, 2.05) is 0 Å². The Bertz CT molecular complexity index is 1360. The van der Waals surface area contributed by atoms with Crippen LogP contribution in [0.5, 0.6) is 5.75 Å². The summed E-state index contributed by atoms with van der Waals surface area (Å²) in [7, 11) is 0. The molecule has 3 unspecified atom stereocenters. The number of carbonyl (C=O) groups excluding carboxylic acids is 2. The van der Waals surface area contributed by atoms with Gasteiger partial charge in [-0.05, 0) is 67.0 Å². The number of fused-ring (bicyclic) bond motifs is 4. The van der Waals surface area contributed by atoms with E-state index >= 15 is 0 Å². The molecule has 8 heteroatoms. The Morgan fingerprint density at radius 1 is 1.08 bits per heavy atom. The van der Waals surface area contributed by atoms with Gasteiger partial charge in [0.15, 0.2) is 0 Å². The number of piperidine rings is 2. The lowest BCUT2D eigenvalue weighted by atomic mass is 9.65. The van der Waals surface area contributed by atoms with Crippen molar-refractivity contribution in [3.05, 3.63) is 65.4 Å². The van der Waals surface area contributed by atoms with Crippen LogP contribution in [0.4, 0.5) is 9.59 Å². The fraction of sp³-hybridized carbons (Fsp3) is 0.393. The Morgan fingerprint density at radius 3 is 2.64 bits per heavy atom. The van der Waals surface area contributed by atoms with Gasteiger partial charge < -0.3 is 14.6 Å². The number of carbonyl (C=O) groups is 3. The summed E-state index contributed by atoms with van der Waals surface area (Å²) in [5, 5.41) is 9.90. The van der Waals surface area contributed by atoms with Crippen LogP contribution in [0.15, 0.2) is 48.5 Å². The van der Waals surface area contributed by atoms with Gasteiger partial charge in [-0.15, -0.1) is 0 Å². The highest BCUT2D eigenvalue weighted by Gasteiger charge is 2.50. The van der Waals surface area contributed by atoms with E-state index in [1.165, 1.54) is 12.5 Å². The highest BCUT2D eigenvalue weighted by atomic mass is 16.7. The molecule has 0 spiro atoms. The van der Waals surface area contributed by atoms with Gasteiger partial charge in [-0.3, -0.25) is 4.90 Å². The molecule has 1 aliphatic carbocycles. The first-order valence-corrected chi connectivity index (χ1v) is 12.6. The fourth-order valence-electron chi connectivity index (χ4n) is 6.95. The van der Waals surface area contributed by atoms with Crippen LogP contribution in [0, 0.1) is 11.8 Å². The van der Waals surface area contributed by atoms with Gasteiger partial charge in [-0.25, -0.2) is 19.0 Å². The maximum Gasteiger partial charge on any atom is 0.511 e. The number of esters is 1. The number of ether oxygens (including phenoxy) is 2. The molecule has 0 radical (unpaired) electrons. The number of aromatic nitrogens is 1. The Balaban J connectivity index is 1.49. The summed E-state index contributed by atoms with van der Waals surface area (Å²) in [5.41, 5.74) is 2.82. The molecule has 1 N–H and O–H groups in total. The SMILES string of the molecule is CCC1C[C@H]2C[C@H]3c4c(c5cc(OC(=O)O)ccc5n4C(=O)OC(=O)c4ccccc4)CCN(C2)C13. The first-order valence-electron chi connectivity index (χ1n) is 12.6. The van der Waals surface area contributed by atoms with E-state index in [1.54, 1.807) is 47.0 Å². The number of hydrogen-bond acceptors (Lipinski definition) is 6. The summed E-state index contributed by atoms with van der Waals surface area (Å²) in [6.07, 6.45) is 1.88. The van der Waals surface area contributed by atoms with Crippen LogP contribution in [0.3, 0.4) is 0 Å².